The molecule has 2 aromatic rings. The van der Waals surface area contributed by atoms with Gasteiger partial charge in [0.05, 0.1) is 0 Å². The molecular formula is C17H24N2. The van der Waals surface area contributed by atoms with Gasteiger partial charge in [0.25, 0.3) is 0 Å². The minimum Gasteiger partial charge on any atom is -0.315 e. The van der Waals surface area contributed by atoms with Crippen LogP contribution in [0.25, 0.3) is 10.8 Å². The Labute approximate surface area is 116 Å². The number of hydrogen-bond donors (Lipinski definition) is 2. The number of benzene rings is 2. The van der Waals surface area contributed by atoms with Crippen LogP contribution in [0.2, 0.25) is 0 Å². The highest BCUT2D eigenvalue weighted by Crippen LogP contribution is 2.17. The highest BCUT2D eigenvalue weighted by Gasteiger charge is 1.99. The summed E-state index contributed by atoms with van der Waals surface area (Å²) in [6.45, 7) is 8.53. The normalized spacial score (nSPS) is 11.3. The van der Waals surface area contributed by atoms with E-state index in [9.17, 15) is 0 Å². The quantitative estimate of drug-likeness (QED) is 0.744. The van der Waals surface area contributed by atoms with Gasteiger partial charge in [-0.15, -0.1) is 0 Å². The monoisotopic (exact) mass is 256 g/mol. The summed E-state index contributed by atoms with van der Waals surface area (Å²) in [7, 11) is 0. The van der Waals surface area contributed by atoms with Crippen LogP contribution >= 0.6 is 0 Å². The zero-order valence-corrected chi connectivity index (χ0v) is 11.9. The van der Waals surface area contributed by atoms with Crippen LogP contribution in [0.3, 0.4) is 0 Å². The van der Waals surface area contributed by atoms with Gasteiger partial charge in [0, 0.05) is 19.6 Å². The SMILES string of the molecule is CC(C)CNCCNCc1cccc2ccccc12. The van der Waals surface area contributed by atoms with Crippen molar-refractivity contribution in [1.29, 1.82) is 0 Å². The molecule has 0 heterocycles. The van der Waals surface area contributed by atoms with Gasteiger partial charge in [0.15, 0.2) is 0 Å². The van der Waals surface area contributed by atoms with Crippen molar-refractivity contribution < 1.29 is 0 Å². The molecule has 0 amide bonds. The molecule has 2 heteroatoms. The second kappa shape index (κ2) is 7.27. The first-order valence-electron chi connectivity index (χ1n) is 7.15. The van der Waals surface area contributed by atoms with Gasteiger partial charge in [0.2, 0.25) is 0 Å². The van der Waals surface area contributed by atoms with Gasteiger partial charge < -0.3 is 10.6 Å². The molecular weight excluding hydrogens is 232 g/mol. The Balaban J connectivity index is 1.82. The highest BCUT2D eigenvalue weighted by molar-refractivity contribution is 5.85. The Morgan fingerprint density at radius 2 is 1.63 bits per heavy atom. The van der Waals surface area contributed by atoms with E-state index in [4.69, 9.17) is 0 Å². The van der Waals surface area contributed by atoms with Crippen LogP contribution in [0.4, 0.5) is 0 Å². The van der Waals surface area contributed by atoms with Gasteiger partial charge in [-0.25, -0.2) is 0 Å². The molecule has 0 saturated carbocycles. The first-order chi connectivity index (χ1) is 9.27. The van der Waals surface area contributed by atoms with E-state index in [1.807, 2.05) is 0 Å². The third-order valence-electron chi connectivity index (χ3n) is 3.23. The Bertz CT molecular complexity index is 500. The van der Waals surface area contributed by atoms with Crippen molar-refractivity contribution in [3.63, 3.8) is 0 Å². The maximum Gasteiger partial charge on any atom is 0.0212 e. The topological polar surface area (TPSA) is 24.1 Å². The molecule has 0 unspecified atom stereocenters. The largest absolute Gasteiger partial charge is 0.315 e. The van der Waals surface area contributed by atoms with Crippen molar-refractivity contribution in [1.82, 2.24) is 10.6 Å². The van der Waals surface area contributed by atoms with Crippen LogP contribution in [0.1, 0.15) is 19.4 Å². The molecule has 0 spiro atoms. The van der Waals surface area contributed by atoms with Crippen molar-refractivity contribution in [3.8, 4) is 0 Å². The van der Waals surface area contributed by atoms with Crippen molar-refractivity contribution in [2.45, 2.75) is 20.4 Å². The molecule has 2 N–H and O–H groups in total. The van der Waals surface area contributed by atoms with Gasteiger partial charge in [-0.1, -0.05) is 56.3 Å². The van der Waals surface area contributed by atoms with Gasteiger partial charge in [-0.3, -0.25) is 0 Å². The van der Waals surface area contributed by atoms with Crippen LogP contribution in [0.15, 0.2) is 42.5 Å². The summed E-state index contributed by atoms with van der Waals surface area (Å²) in [6, 6.07) is 15.1. The van der Waals surface area contributed by atoms with Crippen LogP contribution < -0.4 is 10.6 Å². The smallest absolute Gasteiger partial charge is 0.0212 e. The van der Waals surface area contributed by atoms with Crippen molar-refractivity contribution >= 4 is 10.8 Å². The highest BCUT2D eigenvalue weighted by atomic mass is 14.9. The number of nitrogens with one attached hydrogen (secondary N) is 2. The molecule has 0 atom stereocenters. The van der Waals surface area contributed by atoms with Gasteiger partial charge in [-0.2, -0.15) is 0 Å². The Kier molecular flexibility index (Phi) is 5.37. The molecule has 0 saturated heterocycles. The number of hydrogen-bond acceptors (Lipinski definition) is 2. The van der Waals surface area contributed by atoms with Crippen molar-refractivity contribution in [2.75, 3.05) is 19.6 Å². The van der Waals surface area contributed by atoms with E-state index in [1.165, 1.54) is 16.3 Å². The van der Waals surface area contributed by atoms with Crippen LogP contribution in [-0.4, -0.2) is 19.6 Å². The van der Waals surface area contributed by atoms with Gasteiger partial charge in [0.1, 0.15) is 0 Å². The molecule has 0 radical (unpaired) electrons. The Morgan fingerprint density at radius 3 is 2.47 bits per heavy atom. The van der Waals surface area contributed by atoms with Crippen LogP contribution in [0, 0.1) is 5.92 Å². The van der Waals surface area contributed by atoms with Crippen LogP contribution in [-0.2, 0) is 6.54 Å². The lowest BCUT2D eigenvalue weighted by atomic mass is 10.0. The maximum absolute atomic E-state index is 3.51. The third kappa shape index (κ3) is 4.34. The molecule has 0 aliphatic heterocycles. The fourth-order valence-corrected chi connectivity index (χ4v) is 2.24. The van der Waals surface area contributed by atoms with E-state index in [0.717, 1.165) is 32.1 Å². The van der Waals surface area contributed by atoms with E-state index in [-0.39, 0.29) is 0 Å². The molecule has 0 aromatic heterocycles. The zero-order valence-electron chi connectivity index (χ0n) is 11.9. The summed E-state index contributed by atoms with van der Waals surface area (Å²) >= 11 is 0. The minimum atomic E-state index is 0.720. The lowest BCUT2D eigenvalue weighted by Crippen LogP contribution is -2.29. The molecule has 102 valence electrons. The lowest BCUT2D eigenvalue weighted by Gasteiger charge is -2.10. The number of fused-ring (bicyclic) bond motifs is 1. The predicted molar refractivity (Wildman–Crippen MR) is 83.4 cm³/mol. The molecule has 0 fully saturated rings. The summed E-state index contributed by atoms with van der Waals surface area (Å²) in [5, 5.41) is 9.62. The first kappa shape index (κ1) is 14.0. The predicted octanol–water partition coefficient (Wildman–Crippen LogP) is 3.18. The molecule has 2 aromatic carbocycles. The first-order valence-corrected chi connectivity index (χ1v) is 7.15. The van der Waals surface area contributed by atoms with Gasteiger partial charge in [-0.05, 0) is 28.8 Å². The van der Waals surface area contributed by atoms with Crippen molar-refractivity contribution in [3.05, 3.63) is 48.0 Å². The van der Waals surface area contributed by atoms with Crippen molar-refractivity contribution in [2.24, 2.45) is 5.92 Å². The van der Waals surface area contributed by atoms with E-state index >= 15 is 0 Å². The number of rotatable bonds is 7. The standard InChI is InChI=1S/C17H24N2/c1-14(2)12-18-10-11-19-13-16-8-5-7-15-6-3-4-9-17(15)16/h3-9,14,18-19H,10-13H2,1-2H3. The maximum atomic E-state index is 3.51. The summed E-state index contributed by atoms with van der Waals surface area (Å²) in [5.74, 6) is 0.720. The fraction of sp³-hybridized carbons (Fsp3) is 0.412. The average molecular weight is 256 g/mol. The average Bonchev–Trinajstić information content (AvgIpc) is 2.42. The molecule has 0 aliphatic carbocycles. The fourth-order valence-electron chi connectivity index (χ4n) is 2.24. The summed E-state index contributed by atoms with van der Waals surface area (Å²) in [6.07, 6.45) is 0. The Hall–Kier alpha value is -1.38. The summed E-state index contributed by atoms with van der Waals surface area (Å²) in [4.78, 5) is 0. The second-order valence-corrected chi connectivity index (χ2v) is 5.41. The van der Waals surface area contributed by atoms with E-state index in [2.05, 4.69) is 66.9 Å². The van der Waals surface area contributed by atoms with Crippen LogP contribution in [0.5, 0.6) is 0 Å². The molecule has 2 rings (SSSR count). The lowest BCUT2D eigenvalue weighted by molar-refractivity contribution is 0.536. The Morgan fingerprint density at radius 1 is 0.895 bits per heavy atom. The second-order valence-electron chi connectivity index (χ2n) is 5.41. The molecule has 0 aliphatic rings. The van der Waals surface area contributed by atoms with E-state index in [0.29, 0.717) is 0 Å². The molecule has 19 heavy (non-hydrogen) atoms. The summed E-state index contributed by atoms with van der Waals surface area (Å²) in [5.41, 5.74) is 1.38. The zero-order chi connectivity index (χ0) is 13.5. The minimum absolute atomic E-state index is 0.720. The molecule has 2 nitrogen and oxygen atoms in total. The van der Waals surface area contributed by atoms with E-state index < -0.39 is 0 Å². The summed E-state index contributed by atoms with van der Waals surface area (Å²) < 4.78 is 0. The van der Waals surface area contributed by atoms with Gasteiger partial charge >= 0.3 is 0 Å². The van der Waals surface area contributed by atoms with E-state index in [1.54, 1.807) is 0 Å². The molecule has 0 bridgehead atoms. The third-order valence-corrected chi connectivity index (χ3v) is 3.23.